The van der Waals surface area contributed by atoms with Gasteiger partial charge in [-0.1, -0.05) is 54.6 Å². The van der Waals surface area contributed by atoms with Crippen molar-refractivity contribution in [2.75, 3.05) is 5.73 Å². The third-order valence-electron chi connectivity index (χ3n) is 4.96. The molecular formula is C24H17N3O2S. The Balaban J connectivity index is 1.66. The van der Waals surface area contributed by atoms with Gasteiger partial charge < -0.3 is 15.8 Å². The fourth-order valence-electron chi connectivity index (χ4n) is 3.53. The van der Waals surface area contributed by atoms with Crippen LogP contribution in [0.15, 0.2) is 79.0 Å². The van der Waals surface area contributed by atoms with Crippen molar-refractivity contribution in [3.8, 4) is 28.3 Å². The van der Waals surface area contributed by atoms with Gasteiger partial charge in [0.15, 0.2) is 0 Å². The van der Waals surface area contributed by atoms with E-state index in [-0.39, 0.29) is 11.5 Å². The summed E-state index contributed by atoms with van der Waals surface area (Å²) in [6, 6.07) is 22.3. The van der Waals surface area contributed by atoms with E-state index >= 15 is 0 Å². The monoisotopic (exact) mass is 411 g/mol. The average Bonchev–Trinajstić information content (AvgIpc) is 3.37. The number of H-pyrrole nitrogens is 1. The van der Waals surface area contributed by atoms with Gasteiger partial charge in [-0.2, -0.15) is 0 Å². The molecule has 0 aliphatic heterocycles. The van der Waals surface area contributed by atoms with Gasteiger partial charge in [-0.3, -0.25) is 4.79 Å². The molecule has 2 aromatic heterocycles. The maximum Gasteiger partial charge on any atom is 0.203 e. The summed E-state index contributed by atoms with van der Waals surface area (Å²) >= 11 is 1.40. The number of carbonyl (C=O) groups excluding carboxylic acids is 1. The third kappa shape index (κ3) is 3.13. The Morgan fingerprint density at radius 2 is 1.70 bits per heavy atom. The van der Waals surface area contributed by atoms with E-state index in [4.69, 9.17) is 5.73 Å². The third-order valence-corrected chi connectivity index (χ3v) is 6.11. The van der Waals surface area contributed by atoms with E-state index in [1.807, 2.05) is 60.7 Å². The van der Waals surface area contributed by atoms with Gasteiger partial charge in [0.25, 0.3) is 0 Å². The number of nitrogens with zero attached hydrogens (tertiary/aromatic N) is 1. The molecule has 0 saturated carbocycles. The highest BCUT2D eigenvalue weighted by Gasteiger charge is 2.21. The van der Waals surface area contributed by atoms with Crippen LogP contribution in [0.1, 0.15) is 15.2 Å². The molecule has 0 aliphatic rings. The number of rotatable bonds is 4. The second kappa shape index (κ2) is 7.17. The van der Waals surface area contributed by atoms with E-state index < -0.39 is 0 Å². The van der Waals surface area contributed by atoms with Crippen LogP contribution in [0.3, 0.4) is 0 Å². The van der Waals surface area contributed by atoms with Gasteiger partial charge in [0.2, 0.25) is 5.78 Å². The van der Waals surface area contributed by atoms with Crippen LogP contribution in [0.5, 0.6) is 5.75 Å². The van der Waals surface area contributed by atoms with E-state index in [0.29, 0.717) is 22.1 Å². The number of imidazole rings is 1. The molecule has 0 radical (unpaired) electrons. The number of phenols is 1. The summed E-state index contributed by atoms with van der Waals surface area (Å²) in [5.74, 6) is 1.35. The molecule has 5 aromatic rings. The lowest BCUT2D eigenvalue weighted by molar-refractivity contribution is 0.104. The highest BCUT2D eigenvalue weighted by atomic mass is 32.1. The fraction of sp³-hybridized carbons (Fsp3) is 0. The van der Waals surface area contributed by atoms with Crippen molar-refractivity contribution in [3.05, 3.63) is 89.4 Å². The second-order valence-electron chi connectivity index (χ2n) is 6.95. The molecule has 0 unspecified atom stereocenters. The number of anilines is 1. The van der Waals surface area contributed by atoms with Crippen molar-refractivity contribution < 1.29 is 9.90 Å². The number of thiophene rings is 1. The Bertz CT molecular complexity index is 1370. The number of nitrogen functional groups attached to an aromatic ring is 1. The number of nitrogens with one attached hydrogen (secondary N) is 1. The smallest absolute Gasteiger partial charge is 0.203 e. The van der Waals surface area contributed by atoms with Gasteiger partial charge in [0, 0.05) is 26.8 Å². The number of hydrogen-bond donors (Lipinski definition) is 3. The number of phenolic OH excluding ortho intramolecular Hbond substituents is 1. The quantitative estimate of drug-likeness (QED) is 0.342. The first-order valence-electron chi connectivity index (χ1n) is 9.37. The molecule has 0 bridgehead atoms. The lowest BCUT2D eigenvalue weighted by Gasteiger charge is -2.06. The molecule has 5 nitrogen and oxygen atoms in total. The Kier molecular flexibility index (Phi) is 4.34. The van der Waals surface area contributed by atoms with Gasteiger partial charge in [-0.25, -0.2) is 4.98 Å². The molecule has 6 heteroatoms. The number of hydrogen-bond acceptors (Lipinski definition) is 5. The molecule has 5 rings (SSSR count). The summed E-state index contributed by atoms with van der Waals surface area (Å²) in [7, 11) is 0. The number of ketones is 1. The summed E-state index contributed by atoms with van der Waals surface area (Å²) < 4.78 is 0.868. The van der Waals surface area contributed by atoms with Crippen LogP contribution >= 0.6 is 11.3 Å². The van der Waals surface area contributed by atoms with E-state index in [0.717, 1.165) is 26.8 Å². The lowest BCUT2D eigenvalue weighted by atomic mass is 9.97. The van der Waals surface area contributed by atoms with Crippen LogP contribution in [-0.2, 0) is 0 Å². The van der Waals surface area contributed by atoms with Gasteiger partial charge in [-0.15, -0.1) is 11.3 Å². The first-order chi connectivity index (χ1) is 14.6. The largest absolute Gasteiger partial charge is 0.508 e. The molecule has 0 aliphatic carbocycles. The topological polar surface area (TPSA) is 92.0 Å². The normalized spacial score (nSPS) is 11.1. The summed E-state index contributed by atoms with van der Waals surface area (Å²) in [6.45, 7) is 0. The Morgan fingerprint density at radius 1 is 0.967 bits per heavy atom. The van der Waals surface area contributed by atoms with E-state index in [2.05, 4.69) is 9.97 Å². The Morgan fingerprint density at radius 3 is 2.40 bits per heavy atom. The van der Waals surface area contributed by atoms with Crippen molar-refractivity contribution in [2.24, 2.45) is 0 Å². The zero-order chi connectivity index (χ0) is 20.7. The fourth-order valence-corrected chi connectivity index (χ4v) is 4.75. The molecular weight excluding hydrogens is 394 g/mol. The van der Waals surface area contributed by atoms with Crippen molar-refractivity contribution in [2.45, 2.75) is 0 Å². The predicted molar refractivity (Wildman–Crippen MR) is 121 cm³/mol. The molecule has 0 saturated heterocycles. The van der Waals surface area contributed by atoms with Gasteiger partial charge in [-0.05, 0) is 23.8 Å². The molecule has 3 aromatic carbocycles. The molecule has 0 fully saturated rings. The van der Waals surface area contributed by atoms with Crippen LogP contribution in [0.4, 0.5) is 5.82 Å². The first kappa shape index (κ1) is 18.1. The van der Waals surface area contributed by atoms with Crippen molar-refractivity contribution in [1.82, 2.24) is 9.97 Å². The van der Waals surface area contributed by atoms with Crippen LogP contribution in [0.2, 0.25) is 0 Å². The number of carbonyl (C=O) groups is 1. The van der Waals surface area contributed by atoms with E-state index in [1.165, 1.54) is 11.3 Å². The van der Waals surface area contributed by atoms with E-state index in [1.54, 1.807) is 18.3 Å². The zero-order valence-corrected chi connectivity index (χ0v) is 16.6. The van der Waals surface area contributed by atoms with Gasteiger partial charge in [0.05, 0.1) is 11.1 Å². The van der Waals surface area contributed by atoms with Gasteiger partial charge in [0.1, 0.15) is 17.4 Å². The maximum absolute atomic E-state index is 13.3. The summed E-state index contributed by atoms with van der Waals surface area (Å²) in [5.41, 5.74) is 9.07. The summed E-state index contributed by atoms with van der Waals surface area (Å²) in [5, 5.41) is 10.9. The minimum absolute atomic E-state index is 0.0332. The van der Waals surface area contributed by atoms with Gasteiger partial charge >= 0.3 is 0 Å². The molecule has 30 heavy (non-hydrogen) atoms. The SMILES string of the molecule is Nc1cnc(-c2ccc(-c3c(C(=O)c4ccccc4)sc4cc(O)ccc34)cc2)[nH]1. The number of benzene rings is 3. The number of aromatic nitrogens is 2. The molecule has 0 spiro atoms. The van der Waals surface area contributed by atoms with Crippen molar-refractivity contribution in [1.29, 1.82) is 0 Å². The lowest BCUT2D eigenvalue weighted by Crippen LogP contribution is -2.00. The summed E-state index contributed by atoms with van der Waals surface area (Å²) in [6.07, 6.45) is 1.58. The standard InChI is InChI=1S/C24H17N3O2S/c25-20-13-26-24(27-20)16-8-6-14(7-9-16)21-18-11-10-17(28)12-19(18)30-23(21)22(29)15-4-2-1-3-5-15/h1-13,28H,25H2,(H,26,27). The number of aromatic hydroxyl groups is 1. The van der Waals surface area contributed by atoms with Crippen LogP contribution in [0, 0.1) is 0 Å². The van der Waals surface area contributed by atoms with Crippen LogP contribution < -0.4 is 5.73 Å². The summed E-state index contributed by atoms with van der Waals surface area (Å²) in [4.78, 5) is 21.2. The Hall–Kier alpha value is -3.90. The predicted octanol–water partition coefficient (Wildman–Crippen LogP) is 5.48. The molecule has 4 N–H and O–H groups in total. The Labute approximate surface area is 176 Å². The number of fused-ring (bicyclic) bond motifs is 1. The van der Waals surface area contributed by atoms with Crippen LogP contribution in [-0.4, -0.2) is 20.9 Å². The minimum Gasteiger partial charge on any atom is -0.508 e. The minimum atomic E-state index is -0.0332. The molecule has 0 amide bonds. The number of aromatic amines is 1. The molecule has 0 atom stereocenters. The molecule has 2 heterocycles. The average molecular weight is 411 g/mol. The van der Waals surface area contributed by atoms with Crippen molar-refractivity contribution >= 4 is 33.0 Å². The van der Waals surface area contributed by atoms with E-state index in [9.17, 15) is 9.90 Å². The van der Waals surface area contributed by atoms with Crippen LogP contribution in [0.25, 0.3) is 32.6 Å². The number of nitrogens with two attached hydrogens (primary N) is 1. The zero-order valence-electron chi connectivity index (χ0n) is 15.8. The first-order valence-corrected chi connectivity index (χ1v) is 10.2. The van der Waals surface area contributed by atoms with Crippen molar-refractivity contribution in [3.63, 3.8) is 0 Å². The highest BCUT2D eigenvalue weighted by Crippen LogP contribution is 2.41. The maximum atomic E-state index is 13.3. The second-order valence-corrected chi connectivity index (χ2v) is 8.00. The highest BCUT2D eigenvalue weighted by molar-refractivity contribution is 7.21. The molecule has 146 valence electrons.